The molecule has 0 aromatic carbocycles. The van der Waals surface area contributed by atoms with Gasteiger partial charge in [-0.05, 0) is 34.3 Å². The van der Waals surface area contributed by atoms with Crippen LogP contribution in [-0.4, -0.2) is 10.2 Å². The first-order valence-corrected chi connectivity index (χ1v) is 6.53. The first-order valence-electron chi connectivity index (χ1n) is 4.04. The smallest absolute Gasteiger partial charge is 0.206 e. The highest BCUT2D eigenvalue weighted by molar-refractivity contribution is 9.11. The molecule has 2 rings (SSSR count). The molecule has 74 valence electrons. The fourth-order valence-corrected chi connectivity index (χ4v) is 2.89. The average Bonchev–Trinajstić information content (AvgIpc) is 2.75. The fraction of sp³-hybridized carbons (Fsp3) is 0.250. The lowest BCUT2D eigenvalue weighted by Crippen LogP contribution is -2.04. The average molecular weight is 290 g/mol. The quantitative estimate of drug-likeness (QED) is 0.939. The normalized spacial score (nSPS) is 12.7. The SMILES string of the molecule is CC(Nc1nnc(Br)s1)c1cccs1. The van der Waals surface area contributed by atoms with Gasteiger partial charge in [0, 0.05) is 4.88 Å². The van der Waals surface area contributed by atoms with E-state index in [9.17, 15) is 0 Å². The van der Waals surface area contributed by atoms with E-state index in [1.165, 1.54) is 16.2 Å². The van der Waals surface area contributed by atoms with Crippen molar-refractivity contribution in [2.75, 3.05) is 5.32 Å². The van der Waals surface area contributed by atoms with Crippen LogP contribution in [0.5, 0.6) is 0 Å². The van der Waals surface area contributed by atoms with Crippen molar-refractivity contribution in [2.45, 2.75) is 13.0 Å². The van der Waals surface area contributed by atoms with Gasteiger partial charge in [-0.1, -0.05) is 17.4 Å². The highest BCUT2D eigenvalue weighted by Crippen LogP contribution is 2.26. The highest BCUT2D eigenvalue weighted by Gasteiger charge is 2.08. The van der Waals surface area contributed by atoms with Crippen molar-refractivity contribution in [3.8, 4) is 0 Å². The van der Waals surface area contributed by atoms with Crippen molar-refractivity contribution in [1.82, 2.24) is 10.2 Å². The number of nitrogens with one attached hydrogen (secondary N) is 1. The molecule has 2 aromatic rings. The van der Waals surface area contributed by atoms with Gasteiger partial charge in [-0.2, -0.15) is 0 Å². The number of hydrogen-bond acceptors (Lipinski definition) is 5. The lowest BCUT2D eigenvalue weighted by molar-refractivity contribution is 0.893. The largest absolute Gasteiger partial charge is 0.353 e. The topological polar surface area (TPSA) is 37.8 Å². The minimum Gasteiger partial charge on any atom is -0.353 e. The Kier molecular flexibility index (Phi) is 3.15. The van der Waals surface area contributed by atoms with E-state index in [0.717, 1.165) is 9.05 Å². The molecule has 0 aliphatic carbocycles. The van der Waals surface area contributed by atoms with Gasteiger partial charge in [-0.15, -0.1) is 21.5 Å². The van der Waals surface area contributed by atoms with Crippen LogP contribution in [0.4, 0.5) is 5.13 Å². The Labute approximate surface area is 98.3 Å². The van der Waals surface area contributed by atoms with Gasteiger partial charge in [-0.25, -0.2) is 0 Å². The number of rotatable bonds is 3. The van der Waals surface area contributed by atoms with Crippen LogP contribution in [0.25, 0.3) is 0 Å². The van der Waals surface area contributed by atoms with Crippen LogP contribution in [0, 0.1) is 0 Å². The molecule has 0 amide bonds. The zero-order valence-corrected chi connectivity index (χ0v) is 10.6. The Bertz CT molecular complexity index is 398. The van der Waals surface area contributed by atoms with Gasteiger partial charge < -0.3 is 5.32 Å². The van der Waals surface area contributed by atoms with Gasteiger partial charge in [0.15, 0.2) is 3.92 Å². The Morgan fingerprint density at radius 1 is 1.50 bits per heavy atom. The minimum atomic E-state index is 0.287. The number of anilines is 1. The van der Waals surface area contributed by atoms with Gasteiger partial charge in [0.2, 0.25) is 5.13 Å². The van der Waals surface area contributed by atoms with Crippen molar-refractivity contribution in [3.63, 3.8) is 0 Å². The van der Waals surface area contributed by atoms with Crippen LogP contribution < -0.4 is 5.32 Å². The van der Waals surface area contributed by atoms with Gasteiger partial charge in [0.25, 0.3) is 0 Å². The second-order valence-electron chi connectivity index (χ2n) is 2.74. The van der Waals surface area contributed by atoms with Crippen LogP contribution >= 0.6 is 38.6 Å². The summed E-state index contributed by atoms with van der Waals surface area (Å²) in [6, 6.07) is 4.45. The standard InChI is InChI=1S/C8H8BrN3S2/c1-5(6-3-2-4-13-6)10-8-12-11-7(9)14-8/h2-5H,1H3,(H,10,12). The second kappa shape index (κ2) is 4.37. The summed E-state index contributed by atoms with van der Waals surface area (Å²) in [4.78, 5) is 1.30. The van der Waals surface area contributed by atoms with Crippen molar-refractivity contribution >= 4 is 43.7 Å². The van der Waals surface area contributed by atoms with E-state index in [2.05, 4.69) is 49.8 Å². The molecule has 2 aromatic heterocycles. The Hall–Kier alpha value is -0.460. The first-order chi connectivity index (χ1) is 6.75. The molecular formula is C8H8BrN3S2. The van der Waals surface area contributed by atoms with Gasteiger partial charge in [0.1, 0.15) is 0 Å². The summed E-state index contributed by atoms with van der Waals surface area (Å²) in [5.74, 6) is 0. The summed E-state index contributed by atoms with van der Waals surface area (Å²) < 4.78 is 0.804. The van der Waals surface area contributed by atoms with Gasteiger partial charge in [-0.3, -0.25) is 0 Å². The molecule has 0 spiro atoms. The predicted molar refractivity (Wildman–Crippen MR) is 64.0 cm³/mol. The van der Waals surface area contributed by atoms with Crippen molar-refractivity contribution in [2.24, 2.45) is 0 Å². The Morgan fingerprint density at radius 3 is 2.93 bits per heavy atom. The molecule has 0 fully saturated rings. The Balaban J connectivity index is 2.05. The maximum Gasteiger partial charge on any atom is 0.206 e. The van der Waals surface area contributed by atoms with Crippen LogP contribution in [0.3, 0.4) is 0 Å². The number of halogens is 1. The van der Waals surface area contributed by atoms with E-state index >= 15 is 0 Å². The predicted octanol–water partition coefficient (Wildman–Crippen LogP) is 3.54. The summed E-state index contributed by atoms with van der Waals surface area (Å²) in [6.45, 7) is 2.11. The van der Waals surface area contributed by atoms with Crippen molar-refractivity contribution in [3.05, 3.63) is 26.3 Å². The number of hydrogen-bond donors (Lipinski definition) is 1. The zero-order valence-electron chi connectivity index (χ0n) is 7.40. The monoisotopic (exact) mass is 289 g/mol. The molecular weight excluding hydrogens is 282 g/mol. The van der Waals surface area contributed by atoms with Gasteiger partial charge >= 0.3 is 0 Å². The van der Waals surface area contributed by atoms with Crippen LogP contribution in [0.15, 0.2) is 21.4 Å². The molecule has 0 radical (unpaired) electrons. The van der Waals surface area contributed by atoms with E-state index in [4.69, 9.17) is 0 Å². The first kappa shape index (κ1) is 10.1. The van der Waals surface area contributed by atoms with Crippen LogP contribution in [0.2, 0.25) is 0 Å². The lowest BCUT2D eigenvalue weighted by atomic mass is 10.3. The van der Waals surface area contributed by atoms with E-state index in [0.29, 0.717) is 0 Å². The molecule has 0 saturated carbocycles. The molecule has 6 heteroatoms. The van der Waals surface area contributed by atoms with Crippen LogP contribution in [-0.2, 0) is 0 Å². The fourth-order valence-electron chi connectivity index (χ4n) is 1.06. The molecule has 1 unspecified atom stereocenters. The van der Waals surface area contributed by atoms with Crippen molar-refractivity contribution < 1.29 is 0 Å². The maximum atomic E-state index is 3.98. The van der Waals surface area contributed by atoms with E-state index in [1.54, 1.807) is 11.3 Å². The summed E-state index contributed by atoms with van der Waals surface area (Å²) in [5, 5.41) is 14.1. The molecule has 14 heavy (non-hydrogen) atoms. The molecule has 1 atom stereocenters. The summed E-state index contributed by atoms with van der Waals surface area (Å²) in [7, 11) is 0. The van der Waals surface area contributed by atoms with Crippen molar-refractivity contribution in [1.29, 1.82) is 0 Å². The summed E-state index contributed by atoms with van der Waals surface area (Å²) >= 11 is 6.52. The lowest BCUT2D eigenvalue weighted by Gasteiger charge is -2.09. The molecule has 0 aliphatic heterocycles. The van der Waals surface area contributed by atoms with E-state index < -0.39 is 0 Å². The molecule has 1 N–H and O–H groups in total. The third kappa shape index (κ3) is 2.31. The van der Waals surface area contributed by atoms with Gasteiger partial charge in [0.05, 0.1) is 6.04 Å². The zero-order chi connectivity index (χ0) is 9.97. The molecule has 2 heterocycles. The molecule has 0 aliphatic rings. The second-order valence-corrected chi connectivity index (χ2v) is 5.97. The van der Waals surface area contributed by atoms with E-state index in [1.807, 2.05) is 6.07 Å². The molecule has 0 saturated heterocycles. The summed E-state index contributed by atoms with van der Waals surface area (Å²) in [5.41, 5.74) is 0. The Morgan fingerprint density at radius 2 is 2.36 bits per heavy atom. The number of nitrogens with zero attached hydrogens (tertiary/aromatic N) is 2. The number of aromatic nitrogens is 2. The highest BCUT2D eigenvalue weighted by atomic mass is 79.9. The maximum absolute atomic E-state index is 3.98. The molecule has 3 nitrogen and oxygen atoms in total. The van der Waals surface area contributed by atoms with Crippen LogP contribution in [0.1, 0.15) is 17.8 Å². The molecule has 0 bridgehead atoms. The van der Waals surface area contributed by atoms with E-state index in [-0.39, 0.29) is 6.04 Å². The summed E-state index contributed by atoms with van der Waals surface area (Å²) in [6.07, 6.45) is 0. The minimum absolute atomic E-state index is 0.287. The third-order valence-corrected chi connectivity index (χ3v) is 4.05. The number of thiophene rings is 1. The third-order valence-electron chi connectivity index (χ3n) is 1.71.